The SMILES string of the molecule is CCOc1ccc(C2=N[C@@H](C(C)C)N[C@H](c3cccc(OCC)c3O)C2)cc1. The lowest BCUT2D eigenvalue weighted by molar-refractivity contribution is 0.309. The molecule has 0 aliphatic carbocycles. The number of aliphatic imine (C=N–C) groups is 1. The van der Waals surface area contributed by atoms with Gasteiger partial charge in [0.15, 0.2) is 11.5 Å². The summed E-state index contributed by atoms with van der Waals surface area (Å²) in [6.07, 6.45) is 0.677. The zero-order chi connectivity index (χ0) is 20.1. The summed E-state index contributed by atoms with van der Waals surface area (Å²) in [5, 5.41) is 14.3. The number of para-hydroxylation sites is 1. The molecular weight excluding hydrogens is 352 g/mol. The van der Waals surface area contributed by atoms with E-state index in [4.69, 9.17) is 14.5 Å². The fourth-order valence-corrected chi connectivity index (χ4v) is 3.45. The average molecular weight is 383 g/mol. The molecule has 2 atom stereocenters. The molecule has 0 saturated heterocycles. The van der Waals surface area contributed by atoms with Gasteiger partial charge in [-0.1, -0.05) is 26.0 Å². The lowest BCUT2D eigenvalue weighted by Crippen LogP contribution is -2.41. The molecule has 3 rings (SSSR count). The first-order chi connectivity index (χ1) is 13.5. The summed E-state index contributed by atoms with van der Waals surface area (Å²) in [6, 6.07) is 13.7. The number of benzene rings is 2. The van der Waals surface area contributed by atoms with Gasteiger partial charge in [-0.2, -0.15) is 0 Å². The van der Waals surface area contributed by atoms with Gasteiger partial charge in [0.05, 0.1) is 13.2 Å². The van der Waals surface area contributed by atoms with E-state index in [0.29, 0.717) is 31.3 Å². The summed E-state index contributed by atoms with van der Waals surface area (Å²) in [5.74, 6) is 1.92. The van der Waals surface area contributed by atoms with Crippen molar-refractivity contribution < 1.29 is 14.6 Å². The Balaban J connectivity index is 1.91. The quantitative estimate of drug-likeness (QED) is 0.729. The number of aromatic hydroxyl groups is 1. The third kappa shape index (κ3) is 4.47. The monoisotopic (exact) mass is 382 g/mol. The van der Waals surface area contributed by atoms with Crippen molar-refractivity contribution in [3.05, 3.63) is 53.6 Å². The number of hydrogen-bond donors (Lipinski definition) is 2. The van der Waals surface area contributed by atoms with Crippen LogP contribution in [0.4, 0.5) is 0 Å². The molecule has 0 radical (unpaired) electrons. The Morgan fingerprint density at radius 2 is 1.79 bits per heavy atom. The number of rotatable bonds is 7. The third-order valence-electron chi connectivity index (χ3n) is 4.90. The van der Waals surface area contributed by atoms with Crippen molar-refractivity contribution in [3.63, 3.8) is 0 Å². The van der Waals surface area contributed by atoms with Gasteiger partial charge in [-0.15, -0.1) is 0 Å². The summed E-state index contributed by atoms with van der Waals surface area (Å²) in [6.45, 7) is 9.35. The molecule has 0 amide bonds. The second-order valence-corrected chi connectivity index (χ2v) is 7.27. The maximum Gasteiger partial charge on any atom is 0.162 e. The predicted octanol–water partition coefficient (Wildman–Crippen LogP) is 4.70. The molecule has 0 saturated carbocycles. The van der Waals surface area contributed by atoms with Crippen molar-refractivity contribution in [2.75, 3.05) is 13.2 Å². The molecule has 0 fully saturated rings. The lowest BCUT2D eigenvalue weighted by atomic mass is 9.92. The smallest absolute Gasteiger partial charge is 0.162 e. The minimum atomic E-state index is -0.0353. The molecule has 28 heavy (non-hydrogen) atoms. The predicted molar refractivity (Wildman–Crippen MR) is 113 cm³/mol. The van der Waals surface area contributed by atoms with Crippen molar-refractivity contribution in [1.29, 1.82) is 0 Å². The van der Waals surface area contributed by atoms with Gasteiger partial charge in [-0.3, -0.25) is 10.3 Å². The van der Waals surface area contributed by atoms with Crippen molar-refractivity contribution in [3.8, 4) is 17.2 Å². The molecule has 1 heterocycles. The molecule has 0 bridgehead atoms. The lowest BCUT2D eigenvalue weighted by Gasteiger charge is -2.32. The second-order valence-electron chi connectivity index (χ2n) is 7.27. The van der Waals surface area contributed by atoms with Gasteiger partial charge in [0.2, 0.25) is 0 Å². The third-order valence-corrected chi connectivity index (χ3v) is 4.90. The molecule has 0 spiro atoms. The maximum atomic E-state index is 10.7. The number of nitrogens with one attached hydrogen (secondary N) is 1. The number of ether oxygens (including phenoxy) is 2. The van der Waals surface area contributed by atoms with Crippen LogP contribution in [0.25, 0.3) is 0 Å². The van der Waals surface area contributed by atoms with E-state index in [1.165, 1.54) is 0 Å². The van der Waals surface area contributed by atoms with E-state index in [1.54, 1.807) is 6.07 Å². The second kappa shape index (κ2) is 9.11. The molecule has 150 valence electrons. The van der Waals surface area contributed by atoms with E-state index in [-0.39, 0.29) is 18.0 Å². The largest absolute Gasteiger partial charge is 0.504 e. The summed E-state index contributed by atoms with van der Waals surface area (Å²) in [5.41, 5.74) is 2.96. The van der Waals surface area contributed by atoms with Crippen LogP contribution < -0.4 is 14.8 Å². The van der Waals surface area contributed by atoms with Crippen molar-refractivity contribution >= 4 is 5.71 Å². The number of phenolic OH excluding ortho intramolecular Hbond substituents is 1. The molecule has 1 aliphatic rings. The van der Waals surface area contributed by atoms with E-state index in [2.05, 4.69) is 31.3 Å². The van der Waals surface area contributed by atoms with E-state index < -0.39 is 0 Å². The number of nitrogens with zero attached hydrogens (tertiary/aromatic N) is 1. The number of hydrogen-bond acceptors (Lipinski definition) is 5. The molecule has 1 aliphatic heterocycles. The minimum Gasteiger partial charge on any atom is -0.504 e. The highest BCUT2D eigenvalue weighted by molar-refractivity contribution is 6.01. The first-order valence-corrected chi connectivity index (χ1v) is 10.0. The Morgan fingerprint density at radius 1 is 1.07 bits per heavy atom. The van der Waals surface area contributed by atoms with Crippen LogP contribution in [0.1, 0.15) is 51.3 Å². The van der Waals surface area contributed by atoms with Gasteiger partial charge in [0.1, 0.15) is 11.9 Å². The highest BCUT2D eigenvalue weighted by Gasteiger charge is 2.29. The van der Waals surface area contributed by atoms with Crippen molar-refractivity contribution in [1.82, 2.24) is 5.32 Å². The van der Waals surface area contributed by atoms with Crippen LogP contribution in [0.3, 0.4) is 0 Å². The molecule has 2 aromatic carbocycles. The van der Waals surface area contributed by atoms with Gasteiger partial charge in [-0.05, 0) is 55.7 Å². The summed E-state index contributed by atoms with van der Waals surface area (Å²) in [4.78, 5) is 4.94. The van der Waals surface area contributed by atoms with Crippen LogP contribution in [0.5, 0.6) is 17.2 Å². The van der Waals surface area contributed by atoms with Crippen LogP contribution in [0.15, 0.2) is 47.5 Å². The Bertz CT molecular complexity index is 815. The first kappa shape index (κ1) is 20.2. The molecular formula is C23H30N2O3. The van der Waals surface area contributed by atoms with E-state index in [0.717, 1.165) is 22.6 Å². The zero-order valence-corrected chi connectivity index (χ0v) is 17.1. The molecule has 5 nitrogen and oxygen atoms in total. The Labute approximate surface area is 167 Å². The standard InChI is InChI=1S/C23H30N2O3/c1-5-27-17-12-10-16(11-13-17)19-14-20(25-23(24-19)15(3)4)18-8-7-9-21(22(18)26)28-6-2/h7-13,15,20,23,25-26H,5-6,14H2,1-4H3/t20-,23+/m0/s1. The van der Waals surface area contributed by atoms with Gasteiger partial charge < -0.3 is 14.6 Å². The summed E-state index contributed by atoms with van der Waals surface area (Å²) in [7, 11) is 0. The Hall–Kier alpha value is -2.53. The highest BCUT2D eigenvalue weighted by Crippen LogP contribution is 2.37. The zero-order valence-electron chi connectivity index (χ0n) is 17.1. The fourth-order valence-electron chi connectivity index (χ4n) is 3.45. The highest BCUT2D eigenvalue weighted by atomic mass is 16.5. The molecule has 0 unspecified atom stereocenters. The average Bonchev–Trinajstić information content (AvgIpc) is 2.70. The van der Waals surface area contributed by atoms with E-state index in [9.17, 15) is 5.11 Å². The topological polar surface area (TPSA) is 63.1 Å². The van der Waals surface area contributed by atoms with Crippen LogP contribution in [0.2, 0.25) is 0 Å². The maximum absolute atomic E-state index is 10.7. The minimum absolute atomic E-state index is 0.0181. The molecule has 2 N–H and O–H groups in total. The van der Waals surface area contributed by atoms with Gasteiger partial charge in [-0.25, -0.2) is 0 Å². The van der Waals surface area contributed by atoms with Crippen molar-refractivity contribution in [2.45, 2.75) is 46.3 Å². The normalized spacial score (nSPS) is 19.4. The van der Waals surface area contributed by atoms with Crippen molar-refractivity contribution in [2.24, 2.45) is 10.9 Å². The molecule has 2 aromatic rings. The van der Waals surface area contributed by atoms with E-state index >= 15 is 0 Å². The van der Waals surface area contributed by atoms with Gasteiger partial charge in [0.25, 0.3) is 0 Å². The number of phenols is 1. The summed E-state index contributed by atoms with van der Waals surface area (Å²) < 4.78 is 11.1. The fraction of sp³-hybridized carbons (Fsp3) is 0.435. The van der Waals surface area contributed by atoms with Crippen LogP contribution in [0, 0.1) is 5.92 Å². The molecule has 5 heteroatoms. The van der Waals surface area contributed by atoms with Crippen LogP contribution >= 0.6 is 0 Å². The van der Waals surface area contributed by atoms with E-state index in [1.807, 2.05) is 38.1 Å². The first-order valence-electron chi connectivity index (χ1n) is 10.0. The van der Waals surface area contributed by atoms with Crippen LogP contribution in [-0.2, 0) is 0 Å². The molecule has 0 aromatic heterocycles. The van der Waals surface area contributed by atoms with Crippen LogP contribution in [-0.4, -0.2) is 30.2 Å². The van der Waals surface area contributed by atoms with Gasteiger partial charge in [0, 0.05) is 23.7 Å². The Morgan fingerprint density at radius 3 is 2.43 bits per heavy atom. The Kier molecular flexibility index (Phi) is 6.57. The van der Waals surface area contributed by atoms with Gasteiger partial charge >= 0.3 is 0 Å². The summed E-state index contributed by atoms with van der Waals surface area (Å²) >= 11 is 0.